The highest BCUT2D eigenvalue weighted by molar-refractivity contribution is 9.10. The van der Waals surface area contributed by atoms with Crippen LogP contribution in [-0.4, -0.2) is 4.98 Å². The summed E-state index contributed by atoms with van der Waals surface area (Å²) in [5, 5.41) is 3.28. The molecule has 0 saturated heterocycles. The van der Waals surface area contributed by atoms with Crippen molar-refractivity contribution in [3.8, 4) is 0 Å². The molecule has 17 heavy (non-hydrogen) atoms. The lowest BCUT2D eigenvalue weighted by atomic mass is 10.2. The van der Waals surface area contributed by atoms with Crippen LogP contribution < -0.4 is 5.32 Å². The van der Waals surface area contributed by atoms with Crippen LogP contribution in [0.25, 0.3) is 0 Å². The van der Waals surface area contributed by atoms with E-state index in [1.54, 1.807) is 24.5 Å². The summed E-state index contributed by atoms with van der Waals surface area (Å²) in [6.45, 7) is 0.520. The van der Waals surface area contributed by atoms with E-state index in [4.69, 9.17) is 11.6 Å². The van der Waals surface area contributed by atoms with E-state index in [0.717, 1.165) is 15.7 Å². The summed E-state index contributed by atoms with van der Waals surface area (Å²) in [6, 6.07) is 6.65. The average Bonchev–Trinajstić information content (AvgIpc) is 2.31. The van der Waals surface area contributed by atoms with Crippen molar-refractivity contribution in [3.05, 3.63) is 57.5 Å². The molecule has 2 rings (SSSR count). The number of nitrogens with zero attached hydrogens (tertiary/aromatic N) is 1. The van der Waals surface area contributed by atoms with Crippen molar-refractivity contribution < 1.29 is 4.39 Å². The lowest BCUT2D eigenvalue weighted by molar-refractivity contribution is 0.626. The van der Waals surface area contributed by atoms with Gasteiger partial charge in [0.1, 0.15) is 5.82 Å². The van der Waals surface area contributed by atoms with Crippen LogP contribution in [0.4, 0.5) is 10.1 Å². The Kier molecular flexibility index (Phi) is 3.97. The zero-order valence-electron chi connectivity index (χ0n) is 8.75. The molecule has 0 fully saturated rings. The van der Waals surface area contributed by atoms with Crippen molar-refractivity contribution in [3.63, 3.8) is 0 Å². The molecule has 1 aromatic carbocycles. The minimum Gasteiger partial charge on any atom is -0.380 e. The van der Waals surface area contributed by atoms with Gasteiger partial charge in [0.25, 0.3) is 0 Å². The molecule has 0 aliphatic carbocycles. The van der Waals surface area contributed by atoms with Gasteiger partial charge in [-0.2, -0.15) is 0 Å². The molecule has 2 aromatic rings. The topological polar surface area (TPSA) is 24.9 Å². The zero-order chi connectivity index (χ0) is 12.3. The maximum Gasteiger partial charge on any atom is 0.142 e. The molecular weight excluding hydrogens is 307 g/mol. The van der Waals surface area contributed by atoms with Crippen molar-refractivity contribution >= 4 is 33.2 Å². The van der Waals surface area contributed by atoms with Crippen LogP contribution in [0, 0.1) is 5.82 Å². The standard InChI is InChI=1S/C12H9BrClFN2/c13-9-4-10(7-16-6-9)17-5-8-1-2-11(14)12(15)3-8/h1-4,6-7,17H,5H2. The van der Waals surface area contributed by atoms with E-state index in [1.165, 1.54) is 6.07 Å². The zero-order valence-corrected chi connectivity index (χ0v) is 11.1. The third-order valence-electron chi connectivity index (χ3n) is 2.19. The highest BCUT2D eigenvalue weighted by Gasteiger charge is 2.01. The molecule has 0 spiro atoms. The Morgan fingerprint density at radius 3 is 2.82 bits per heavy atom. The minimum atomic E-state index is -0.404. The Morgan fingerprint density at radius 2 is 2.12 bits per heavy atom. The molecule has 1 aromatic heterocycles. The molecule has 0 amide bonds. The number of benzene rings is 1. The second-order valence-corrected chi connectivity index (χ2v) is 4.82. The SMILES string of the molecule is Fc1cc(CNc2cncc(Br)c2)ccc1Cl. The average molecular weight is 316 g/mol. The predicted molar refractivity (Wildman–Crippen MR) is 70.7 cm³/mol. The number of nitrogens with one attached hydrogen (secondary N) is 1. The second-order valence-electron chi connectivity index (χ2n) is 3.49. The molecular formula is C12H9BrClFN2. The highest BCUT2D eigenvalue weighted by Crippen LogP contribution is 2.18. The van der Waals surface area contributed by atoms with Crippen molar-refractivity contribution in [2.45, 2.75) is 6.54 Å². The maximum atomic E-state index is 13.2. The van der Waals surface area contributed by atoms with E-state index in [1.807, 2.05) is 6.07 Å². The first-order valence-electron chi connectivity index (χ1n) is 4.93. The summed E-state index contributed by atoms with van der Waals surface area (Å²) in [5.74, 6) is -0.404. The van der Waals surface area contributed by atoms with Gasteiger partial charge in [0, 0.05) is 17.2 Å². The van der Waals surface area contributed by atoms with E-state index in [2.05, 4.69) is 26.2 Å². The van der Waals surface area contributed by atoms with Crippen LogP contribution in [0.2, 0.25) is 5.02 Å². The third-order valence-corrected chi connectivity index (χ3v) is 2.93. The molecule has 5 heteroatoms. The molecule has 1 N–H and O–H groups in total. The van der Waals surface area contributed by atoms with Gasteiger partial charge in [0.2, 0.25) is 0 Å². The number of hydrogen-bond donors (Lipinski definition) is 1. The molecule has 0 aliphatic rings. The molecule has 0 bridgehead atoms. The number of aromatic nitrogens is 1. The van der Waals surface area contributed by atoms with Crippen molar-refractivity contribution in [1.82, 2.24) is 4.98 Å². The Balaban J connectivity index is 2.05. The predicted octanol–water partition coefficient (Wildman–Crippen LogP) is 4.25. The van der Waals surface area contributed by atoms with Gasteiger partial charge in [-0.25, -0.2) is 4.39 Å². The quantitative estimate of drug-likeness (QED) is 0.916. The number of rotatable bonds is 3. The van der Waals surface area contributed by atoms with Crippen LogP contribution in [0.1, 0.15) is 5.56 Å². The summed E-state index contributed by atoms with van der Waals surface area (Å²) in [4.78, 5) is 4.02. The van der Waals surface area contributed by atoms with Gasteiger partial charge in [-0.1, -0.05) is 17.7 Å². The van der Waals surface area contributed by atoms with Gasteiger partial charge in [-0.15, -0.1) is 0 Å². The second kappa shape index (κ2) is 5.47. The van der Waals surface area contributed by atoms with Crippen LogP contribution >= 0.6 is 27.5 Å². The Hall–Kier alpha value is -1.13. The first-order valence-corrected chi connectivity index (χ1v) is 6.10. The molecule has 1 heterocycles. The fourth-order valence-electron chi connectivity index (χ4n) is 1.36. The summed E-state index contributed by atoms with van der Waals surface area (Å²) >= 11 is 8.94. The van der Waals surface area contributed by atoms with Crippen LogP contribution in [0.5, 0.6) is 0 Å². The van der Waals surface area contributed by atoms with E-state index >= 15 is 0 Å². The van der Waals surface area contributed by atoms with Gasteiger partial charge in [-0.05, 0) is 39.7 Å². The van der Waals surface area contributed by atoms with Gasteiger partial charge in [-0.3, -0.25) is 4.98 Å². The molecule has 0 radical (unpaired) electrons. The van der Waals surface area contributed by atoms with Crippen molar-refractivity contribution in [1.29, 1.82) is 0 Å². The molecule has 0 saturated carbocycles. The number of halogens is 3. The molecule has 2 nitrogen and oxygen atoms in total. The summed E-state index contributed by atoms with van der Waals surface area (Å²) < 4.78 is 14.1. The first-order chi connectivity index (χ1) is 8.15. The number of hydrogen-bond acceptors (Lipinski definition) is 2. The first kappa shape index (κ1) is 12.3. The smallest absolute Gasteiger partial charge is 0.142 e. The van der Waals surface area contributed by atoms with Gasteiger partial charge >= 0.3 is 0 Å². The summed E-state index contributed by atoms with van der Waals surface area (Å²) in [6.07, 6.45) is 3.41. The molecule has 88 valence electrons. The molecule has 0 atom stereocenters. The van der Waals surface area contributed by atoms with Crippen LogP contribution in [0.3, 0.4) is 0 Å². The lowest BCUT2D eigenvalue weighted by Gasteiger charge is -2.06. The van der Waals surface area contributed by atoms with E-state index in [9.17, 15) is 4.39 Å². The normalized spacial score (nSPS) is 10.3. The lowest BCUT2D eigenvalue weighted by Crippen LogP contribution is -2.00. The Labute approximate surface area is 112 Å². The van der Waals surface area contributed by atoms with E-state index in [0.29, 0.717) is 6.54 Å². The summed E-state index contributed by atoms with van der Waals surface area (Å²) in [7, 11) is 0. The summed E-state index contributed by atoms with van der Waals surface area (Å²) in [5.41, 5.74) is 1.70. The minimum absolute atomic E-state index is 0.137. The van der Waals surface area contributed by atoms with E-state index < -0.39 is 5.82 Å². The van der Waals surface area contributed by atoms with E-state index in [-0.39, 0.29) is 5.02 Å². The molecule has 0 aliphatic heterocycles. The molecule has 0 unspecified atom stereocenters. The van der Waals surface area contributed by atoms with Crippen LogP contribution in [0.15, 0.2) is 41.1 Å². The fourth-order valence-corrected chi connectivity index (χ4v) is 1.84. The maximum absolute atomic E-state index is 13.2. The van der Waals surface area contributed by atoms with Gasteiger partial charge in [0.15, 0.2) is 0 Å². The van der Waals surface area contributed by atoms with Crippen LogP contribution in [-0.2, 0) is 6.54 Å². The van der Waals surface area contributed by atoms with Gasteiger partial charge in [0.05, 0.1) is 16.9 Å². The van der Waals surface area contributed by atoms with Crippen molar-refractivity contribution in [2.24, 2.45) is 0 Å². The Bertz CT molecular complexity index is 534. The number of anilines is 1. The largest absolute Gasteiger partial charge is 0.380 e. The Morgan fingerprint density at radius 1 is 1.29 bits per heavy atom. The fraction of sp³-hybridized carbons (Fsp3) is 0.0833. The number of pyridine rings is 1. The van der Waals surface area contributed by atoms with Gasteiger partial charge < -0.3 is 5.32 Å². The monoisotopic (exact) mass is 314 g/mol. The highest BCUT2D eigenvalue weighted by atomic mass is 79.9. The van der Waals surface area contributed by atoms with Crippen molar-refractivity contribution in [2.75, 3.05) is 5.32 Å². The third kappa shape index (κ3) is 3.41.